The van der Waals surface area contributed by atoms with E-state index in [1.165, 1.54) is 6.26 Å². The van der Waals surface area contributed by atoms with E-state index in [4.69, 9.17) is 4.42 Å². The first-order valence-corrected chi connectivity index (χ1v) is 9.41. The van der Waals surface area contributed by atoms with Gasteiger partial charge in [0.15, 0.2) is 9.84 Å². The van der Waals surface area contributed by atoms with Gasteiger partial charge in [-0.15, -0.1) is 0 Å². The van der Waals surface area contributed by atoms with E-state index in [2.05, 4.69) is 10.2 Å². The van der Waals surface area contributed by atoms with Crippen molar-refractivity contribution >= 4 is 21.6 Å². The van der Waals surface area contributed by atoms with Gasteiger partial charge in [0.05, 0.1) is 12.5 Å². The molecule has 0 spiro atoms. The van der Waals surface area contributed by atoms with Crippen molar-refractivity contribution in [3.63, 3.8) is 0 Å². The maximum atomic E-state index is 11.7. The van der Waals surface area contributed by atoms with E-state index >= 15 is 0 Å². The average molecular weight is 304 g/mol. The summed E-state index contributed by atoms with van der Waals surface area (Å²) in [6.45, 7) is 3.14. The highest BCUT2D eigenvalue weighted by molar-refractivity contribution is 8.00. The predicted octanol–water partition coefficient (Wildman–Crippen LogP) is 0.789. The Morgan fingerprint density at radius 2 is 2.42 bits per heavy atom. The van der Waals surface area contributed by atoms with Crippen LogP contribution in [0.25, 0.3) is 0 Å². The van der Waals surface area contributed by atoms with Gasteiger partial charge in [0.2, 0.25) is 0 Å². The van der Waals surface area contributed by atoms with Crippen LogP contribution in [0.2, 0.25) is 0 Å². The van der Waals surface area contributed by atoms with Crippen LogP contribution in [0.1, 0.15) is 5.56 Å². The molecule has 1 saturated heterocycles. The third-order valence-electron chi connectivity index (χ3n) is 3.17. The SMILES string of the molecule is CS(=O)(=O)C1CSCCN1CCNCc1ccoc1. The second-order valence-electron chi connectivity index (χ2n) is 4.70. The third-order valence-corrected chi connectivity index (χ3v) is 5.86. The van der Waals surface area contributed by atoms with Crippen molar-refractivity contribution < 1.29 is 12.8 Å². The minimum absolute atomic E-state index is 0.332. The summed E-state index contributed by atoms with van der Waals surface area (Å²) in [5, 5.41) is 2.97. The molecule has 2 rings (SSSR count). The van der Waals surface area contributed by atoms with E-state index in [-0.39, 0.29) is 5.37 Å². The van der Waals surface area contributed by atoms with Crippen LogP contribution in [-0.4, -0.2) is 56.1 Å². The van der Waals surface area contributed by atoms with Crippen LogP contribution in [0, 0.1) is 0 Å². The summed E-state index contributed by atoms with van der Waals surface area (Å²) in [6, 6.07) is 1.92. The van der Waals surface area contributed by atoms with Gasteiger partial charge in [0, 0.05) is 49.5 Å². The van der Waals surface area contributed by atoms with E-state index in [1.54, 1.807) is 24.3 Å². The first kappa shape index (κ1) is 14.9. The van der Waals surface area contributed by atoms with Gasteiger partial charge in [0.1, 0.15) is 5.37 Å². The number of nitrogens with zero attached hydrogens (tertiary/aromatic N) is 1. The molecule has 19 heavy (non-hydrogen) atoms. The van der Waals surface area contributed by atoms with Crippen molar-refractivity contribution in [1.29, 1.82) is 0 Å². The Morgan fingerprint density at radius 1 is 1.58 bits per heavy atom. The topological polar surface area (TPSA) is 62.6 Å². The average Bonchev–Trinajstić information content (AvgIpc) is 2.87. The lowest BCUT2D eigenvalue weighted by molar-refractivity contribution is 0.270. The Bertz CT molecular complexity index is 473. The number of thioether (sulfide) groups is 1. The van der Waals surface area contributed by atoms with Crippen LogP contribution < -0.4 is 5.32 Å². The first-order chi connectivity index (χ1) is 9.07. The number of furan rings is 1. The summed E-state index contributed by atoms with van der Waals surface area (Å²) in [6.07, 6.45) is 4.69. The molecule has 0 saturated carbocycles. The third kappa shape index (κ3) is 4.52. The van der Waals surface area contributed by atoms with Crippen molar-refractivity contribution in [2.24, 2.45) is 0 Å². The monoisotopic (exact) mass is 304 g/mol. The molecule has 1 fully saturated rings. The Labute approximate surface area is 118 Å². The molecule has 108 valence electrons. The molecule has 0 aromatic carbocycles. The molecule has 1 aliphatic heterocycles. The van der Waals surface area contributed by atoms with Gasteiger partial charge in [-0.05, 0) is 6.07 Å². The molecule has 1 atom stereocenters. The zero-order valence-electron chi connectivity index (χ0n) is 11.0. The largest absolute Gasteiger partial charge is 0.472 e. The first-order valence-electron chi connectivity index (χ1n) is 6.30. The summed E-state index contributed by atoms with van der Waals surface area (Å²) in [5.41, 5.74) is 1.11. The van der Waals surface area contributed by atoms with E-state index in [0.717, 1.165) is 37.5 Å². The molecule has 2 heterocycles. The Balaban J connectivity index is 1.77. The Hall–Kier alpha value is -0.500. The highest BCUT2D eigenvalue weighted by Gasteiger charge is 2.30. The number of sulfone groups is 1. The van der Waals surface area contributed by atoms with Crippen molar-refractivity contribution in [2.75, 3.05) is 37.4 Å². The van der Waals surface area contributed by atoms with Gasteiger partial charge < -0.3 is 9.73 Å². The molecule has 7 heteroatoms. The zero-order valence-corrected chi connectivity index (χ0v) is 12.7. The van der Waals surface area contributed by atoms with E-state index in [1.807, 2.05) is 6.07 Å². The van der Waals surface area contributed by atoms with Crippen LogP contribution in [0.3, 0.4) is 0 Å². The van der Waals surface area contributed by atoms with Gasteiger partial charge in [-0.3, -0.25) is 4.90 Å². The van der Waals surface area contributed by atoms with E-state index in [0.29, 0.717) is 5.75 Å². The Kier molecular flexibility index (Phi) is 5.32. The van der Waals surface area contributed by atoms with Gasteiger partial charge in [0.25, 0.3) is 0 Å². The fourth-order valence-electron chi connectivity index (χ4n) is 2.11. The summed E-state index contributed by atoms with van der Waals surface area (Å²) in [4.78, 5) is 2.06. The molecule has 0 radical (unpaired) electrons. The molecule has 1 N–H and O–H groups in total. The maximum Gasteiger partial charge on any atom is 0.164 e. The minimum atomic E-state index is -2.99. The summed E-state index contributed by atoms with van der Waals surface area (Å²) < 4.78 is 28.4. The molecule has 0 aliphatic carbocycles. The summed E-state index contributed by atoms with van der Waals surface area (Å²) in [5.74, 6) is 1.69. The molecule has 1 aliphatic rings. The fraction of sp³-hybridized carbons (Fsp3) is 0.667. The smallest absolute Gasteiger partial charge is 0.164 e. The lowest BCUT2D eigenvalue weighted by Crippen LogP contribution is -2.49. The predicted molar refractivity (Wildman–Crippen MR) is 77.9 cm³/mol. The van der Waals surface area contributed by atoms with Crippen LogP contribution >= 0.6 is 11.8 Å². The Morgan fingerprint density at radius 3 is 3.11 bits per heavy atom. The lowest BCUT2D eigenvalue weighted by atomic mass is 10.3. The van der Waals surface area contributed by atoms with E-state index < -0.39 is 9.84 Å². The maximum absolute atomic E-state index is 11.7. The normalized spacial score (nSPS) is 21.6. The molecule has 1 aromatic heterocycles. The van der Waals surface area contributed by atoms with Gasteiger partial charge in [-0.2, -0.15) is 11.8 Å². The van der Waals surface area contributed by atoms with Gasteiger partial charge in [-0.25, -0.2) is 8.42 Å². The van der Waals surface area contributed by atoms with Crippen molar-refractivity contribution in [2.45, 2.75) is 11.9 Å². The fourth-order valence-corrected chi connectivity index (χ4v) is 5.09. The number of hydrogen-bond donors (Lipinski definition) is 1. The molecule has 1 aromatic rings. The molecule has 5 nitrogen and oxygen atoms in total. The van der Waals surface area contributed by atoms with Crippen molar-refractivity contribution in [3.05, 3.63) is 24.2 Å². The molecular weight excluding hydrogens is 284 g/mol. The molecule has 0 amide bonds. The van der Waals surface area contributed by atoms with Gasteiger partial charge >= 0.3 is 0 Å². The zero-order chi connectivity index (χ0) is 13.7. The highest BCUT2D eigenvalue weighted by Crippen LogP contribution is 2.19. The standard InChI is InChI=1S/C12H20N2O3S2/c1-19(15,16)12-10-18-7-5-14(12)4-3-13-8-11-2-6-17-9-11/h2,6,9,12-13H,3-5,7-8,10H2,1H3. The van der Waals surface area contributed by atoms with Crippen LogP contribution in [0.4, 0.5) is 0 Å². The molecule has 0 bridgehead atoms. The minimum Gasteiger partial charge on any atom is -0.472 e. The summed E-state index contributed by atoms with van der Waals surface area (Å²) >= 11 is 1.72. The van der Waals surface area contributed by atoms with Crippen molar-refractivity contribution in [1.82, 2.24) is 10.2 Å². The second-order valence-corrected chi connectivity index (χ2v) is 8.06. The number of rotatable bonds is 6. The molecule has 1 unspecified atom stereocenters. The van der Waals surface area contributed by atoms with Crippen LogP contribution in [0.5, 0.6) is 0 Å². The van der Waals surface area contributed by atoms with Crippen LogP contribution in [-0.2, 0) is 16.4 Å². The van der Waals surface area contributed by atoms with Crippen molar-refractivity contribution in [3.8, 4) is 0 Å². The number of nitrogens with one attached hydrogen (secondary N) is 1. The number of hydrogen-bond acceptors (Lipinski definition) is 6. The highest BCUT2D eigenvalue weighted by atomic mass is 32.2. The quantitative estimate of drug-likeness (QED) is 0.784. The van der Waals surface area contributed by atoms with Crippen LogP contribution in [0.15, 0.2) is 23.0 Å². The van der Waals surface area contributed by atoms with Gasteiger partial charge in [-0.1, -0.05) is 0 Å². The lowest BCUT2D eigenvalue weighted by Gasteiger charge is -2.33. The second kappa shape index (κ2) is 6.78. The van der Waals surface area contributed by atoms with E-state index in [9.17, 15) is 8.42 Å². The molecular formula is C12H20N2O3S2. The summed E-state index contributed by atoms with van der Waals surface area (Å²) in [7, 11) is -2.99.